The van der Waals surface area contributed by atoms with Gasteiger partial charge >= 0.3 is 0 Å². The number of oxime groups is 1. The van der Waals surface area contributed by atoms with Crippen molar-refractivity contribution in [2.24, 2.45) is 10.9 Å². The van der Waals surface area contributed by atoms with E-state index in [0.29, 0.717) is 12.1 Å². The molecule has 0 unspecified atom stereocenters. The predicted molar refractivity (Wildman–Crippen MR) is 80.6 cm³/mol. The van der Waals surface area contributed by atoms with E-state index in [9.17, 15) is 4.39 Å². The Morgan fingerprint density at radius 3 is 2.67 bits per heavy atom. The summed E-state index contributed by atoms with van der Waals surface area (Å²) in [4.78, 5) is 0. The maximum Gasteiger partial charge on any atom is 0.170 e. The Labute approximate surface area is 123 Å². The molecular formula is C16H18FN3O. The van der Waals surface area contributed by atoms with E-state index in [-0.39, 0.29) is 11.9 Å². The SMILES string of the molecule is C[C@@H](NCc1cc(F)cc(/C(N)=N/O)c1)c1ccccc1. The van der Waals surface area contributed by atoms with Crippen molar-refractivity contribution >= 4 is 5.84 Å². The smallest absolute Gasteiger partial charge is 0.170 e. The zero-order valence-corrected chi connectivity index (χ0v) is 11.8. The van der Waals surface area contributed by atoms with Crippen LogP contribution in [0, 0.1) is 5.82 Å². The third-order valence-corrected chi connectivity index (χ3v) is 3.27. The Balaban J connectivity index is 2.08. The van der Waals surface area contributed by atoms with E-state index in [4.69, 9.17) is 10.9 Å². The van der Waals surface area contributed by atoms with Crippen LogP contribution in [-0.2, 0) is 6.54 Å². The fourth-order valence-electron chi connectivity index (χ4n) is 2.09. The molecule has 0 heterocycles. The molecule has 0 saturated heterocycles. The first kappa shape index (κ1) is 15.0. The van der Waals surface area contributed by atoms with Gasteiger partial charge in [0.25, 0.3) is 0 Å². The van der Waals surface area contributed by atoms with Crippen LogP contribution in [0.1, 0.15) is 29.7 Å². The molecule has 0 radical (unpaired) electrons. The minimum Gasteiger partial charge on any atom is -0.409 e. The molecular weight excluding hydrogens is 269 g/mol. The summed E-state index contributed by atoms with van der Waals surface area (Å²) in [6, 6.07) is 14.5. The van der Waals surface area contributed by atoms with E-state index in [1.807, 2.05) is 37.3 Å². The average molecular weight is 287 g/mol. The van der Waals surface area contributed by atoms with Crippen molar-refractivity contribution in [3.8, 4) is 0 Å². The van der Waals surface area contributed by atoms with Crippen LogP contribution in [0.25, 0.3) is 0 Å². The van der Waals surface area contributed by atoms with Gasteiger partial charge in [0.15, 0.2) is 5.84 Å². The van der Waals surface area contributed by atoms with Crippen LogP contribution in [0.15, 0.2) is 53.7 Å². The second-order valence-corrected chi connectivity index (χ2v) is 4.85. The Morgan fingerprint density at radius 2 is 2.00 bits per heavy atom. The summed E-state index contributed by atoms with van der Waals surface area (Å²) in [5.74, 6) is -0.518. The zero-order valence-electron chi connectivity index (χ0n) is 11.8. The van der Waals surface area contributed by atoms with Crippen LogP contribution >= 0.6 is 0 Å². The fourth-order valence-corrected chi connectivity index (χ4v) is 2.09. The van der Waals surface area contributed by atoms with E-state index in [2.05, 4.69) is 10.5 Å². The lowest BCUT2D eigenvalue weighted by molar-refractivity contribution is 0.318. The molecule has 0 bridgehead atoms. The van der Waals surface area contributed by atoms with Gasteiger partial charge in [-0.3, -0.25) is 0 Å². The molecule has 0 fully saturated rings. The summed E-state index contributed by atoms with van der Waals surface area (Å²) < 4.78 is 13.6. The second-order valence-electron chi connectivity index (χ2n) is 4.85. The van der Waals surface area contributed by atoms with E-state index in [0.717, 1.165) is 11.1 Å². The summed E-state index contributed by atoms with van der Waals surface area (Å²) in [5.41, 5.74) is 7.75. The normalized spacial score (nSPS) is 13.1. The third-order valence-electron chi connectivity index (χ3n) is 3.27. The number of hydrogen-bond donors (Lipinski definition) is 3. The van der Waals surface area contributed by atoms with E-state index < -0.39 is 5.82 Å². The van der Waals surface area contributed by atoms with Gasteiger partial charge in [0.2, 0.25) is 0 Å². The van der Waals surface area contributed by atoms with Gasteiger partial charge in [0.05, 0.1) is 0 Å². The molecule has 0 aliphatic carbocycles. The second kappa shape index (κ2) is 6.85. The molecule has 21 heavy (non-hydrogen) atoms. The molecule has 5 heteroatoms. The highest BCUT2D eigenvalue weighted by molar-refractivity contribution is 5.97. The van der Waals surface area contributed by atoms with Gasteiger partial charge in [-0.1, -0.05) is 35.5 Å². The first-order valence-electron chi connectivity index (χ1n) is 6.66. The van der Waals surface area contributed by atoms with Gasteiger partial charge in [0.1, 0.15) is 5.82 Å². The van der Waals surface area contributed by atoms with Crippen LogP contribution in [0.3, 0.4) is 0 Å². The molecule has 4 N–H and O–H groups in total. The van der Waals surface area contributed by atoms with Crippen molar-refractivity contribution in [2.45, 2.75) is 19.5 Å². The van der Waals surface area contributed by atoms with E-state index in [1.165, 1.54) is 12.1 Å². The van der Waals surface area contributed by atoms with Gasteiger partial charge in [-0.05, 0) is 36.2 Å². The van der Waals surface area contributed by atoms with Crippen LogP contribution in [0.4, 0.5) is 4.39 Å². The Hall–Kier alpha value is -2.40. The summed E-state index contributed by atoms with van der Waals surface area (Å²) in [7, 11) is 0. The molecule has 1 atom stereocenters. The molecule has 2 aromatic rings. The largest absolute Gasteiger partial charge is 0.409 e. The quantitative estimate of drug-likeness (QED) is 0.343. The summed E-state index contributed by atoms with van der Waals surface area (Å²) >= 11 is 0. The number of halogens is 1. The molecule has 110 valence electrons. The lowest BCUT2D eigenvalue weighted by Crippen LogP contribution is -2.19. The maximum atomic E-state index is 13.6. The van der Waals surface area contributed by atoms with Crippen molar-refractivity contribution < 1.29 is 9.60 Å². The van der Waals surface area contributed by atoms with Gasteiger partial charge in [-0.25, -0.2) is 4.39 Å². The Morgan fingerprint density at radius 1 is 1.29 bits per heavy atom. The standard InChI is InChI=1S/C16H18FN3O/c1-11(13-5-3-2-4-6-13)19-10-12-7-14(16(18)20-21)9-15(17)8-12/h2-9,11,19,21H,10H2,1H3,(H2,18,20)/t11-/m1/s1. The monoisotopic (exact) mass is 287 g/mol. The highest BCUT2D eigenvalue weighted by atomic mass is 19.1. The zero-order chi connectivity index (χ0) is 15.2. The fraction of sp³-hybridized carbons (Fsp3) is 0.188. The van der Waals surface area contributed by atoms with Crippen molar-refractivity contribution in [3.63, 3.8) is 0 Å². The molecule has 0 aromatic heterocycles. The summed E-state index contributed by atoms with van der Waals surface area (Å²) in [5, 5.41) is 14.9. The van der Waals surface area contributed by atoms with E-state index >= 15 is 0 Å². The Bertz CT molecular complexity index is 629. The molecule has 0 saturated carbocycles. The molecule has 2 aromatic carbocycles. The van der Waals surface area contributed by atoms with Crippen molar-refractivity contribution in [2.75, 3.05) is 0 Å². The molecule has 0 aliphatic rings. The number of nitrogens with two attached hydrogens (primary N) is 1. The van der Waals surface area contributed by atoms with Crippen molar-refractivity contribution in [1.82, 2.24) is 5.32 Å². The number of nitrogens with zero attached hydrogens (tertiary/aromatic N) is 1. The molecule has 0 spiro atoms. The topological polar surface area (TPSA) is 70.6 Å². The first-order valence-corrected chi connectivity index (χ1v) is 6.66. The predicted octanol–water partition coefficient (Wildman–Crippen LogP) is 2.77. The summed E-state index contributed by atoms with van der Waals surface area (Å²) in [6.07, 6.45) is 0. The number of benzene rings is 2. The number of rotatable bonds is 5. The molecule has 0 amide bonds. The lowest BCUT2D eigenvalue weighted by atomic mass is 10.1. The number of amidine groups is 1. The lowest BCUT2D eigenvalue weighted by Gasteiger charge is -2.14. The van der Waals surface area contributed by atoms with Gasteiger partial charge in [0, 0.05) is 18.2 Å². The number of hydrogen-bond acceptors (Lipinski definition) is 3. The van der Waals surface area contributed by atoms with Crippen LogP contribution in [-0.4, -0.2) is 11.0 Å². The average Bonchev–Trinajstić information content (AvgIpc) is 2.52. The van der Waals surface area contributed by atoms with Gasteiger partial charge in [-0.15, -0.1) is 0 Å². The third kappa shape index (κ3) is 4.03. The van der Waals surface area contributed by atoms with Crippen LogP contribution in [0.2, 0.25) is 0 Å². The molecule has 0 aliphatic heterocycles. The van der Waals surface area contributed by atoms with E-state index in [1.54, 1.807) is 6.07 Å². The number of nitrogens with one attached hydrogen (secondary N) is 1. The summed E-state index contributed by atoms with van der Waals surface area (Å²) in [6.45, 7) is 2.53. The molecule has 4 nitrogen and oxygen atoms in total. The maximum absolute atomic E-state index is 13.6. The van der Waals surface area contributed by atoms with Crippen LogP contribution in [0.5, 0.6) is 0 Å². The minimum absolute atomic E-state index is 0.105. The van der Waals surface area contributed by atoms with Crippen molar-refractivity contribution in [1.29, 1.82) is 0 Å². The Kier molecular flexibility index (Phi) is 4.90. The first-order chi connectivity index (χ1) is 10.1. The van der Waals surface area contributed by atoms with Crippen LogP contribution < -0.4 is 11.1 Å². The minimum atomic E-state index is -0.414. The van der Waals surface area contributed by atoms with Crippen molar-refractivity contribution in [3.05, 3.63) is 71.0 Å². The van der Waals surface area contributed by atoms with Gasteiger partial charge in [-0.2, -0.15) is 0 Å². The molecule has 2 rings (SSSR count). The highest BCUT2D eigenvalue weighted by Gasteiger charge is 2.07. The highest BCUT2D eigenvalue weighted by Crippen LogP contribution is 2.14. The van der Waals surface area contributed by atoms with Gasteiger partial charge < -0.3 is 16.3 Å².